The molecule has 0 bridgehead atoms. The van der Waals surface area contributed by atoms with E-state index < -0.39 is 11.3 Å². The van der Waals surface area contributed by atoms with Crippen LogP contribution in [0.2, 0.25) is 0 Å². The van der Waals surface area contributed by atoms with Crippen LogP contribution in [-0.2, 0) is 17.8 Å². The number of benzene rings is 1. The lowest BCUT2D eigenvalue weighted by Gasteiger charge is -2.33. The van der Waals surface area contributed by atoms with Crippen LogP contribution in [0.1, 0.15) is 5.56 Å². The van der Waals surface area contributed by atoms with Crippen LogP contribution in [0.3, 0.4) is 0 Å². The SMILES string of the molecule is CN1CCN(c2ccc(Nc3ncc4ccc(-c5cccc(CNS(=O)[O-])c5)n4n3)nc2)CC1. The fourth-order valence-corrected chi connectivity index (χ4v) is 4.27. The third-order valence-electron chi connectivity index (χ3n) is 5.87. The van der Waals surface area contributed by atoms with Crippen LogP contribution in [0.25, 0.3) is 16.8 Å². The number of hydrogen-bond acceptors (Lipinski definition) is 8. The van der Waals surface area contributed by atoms with E-state index in [1.165, 1.54) is 0 Å². The van der Waals surface area contributed by atoms with Crippen LogP contribution in [0, 0.1) is 0 Å². The van der Waals surface area contributed by atoms with Crippen molar-refractivity contribution < 1.29 is 8.76 Å². The Morgan fingerprint density at radius 3 is 2.65 bits per heavy atom. The highest BCUT2D eigenvalue weighted by atomic mass is 32.2. The molecule has 11 heteroatoms. The smallest absolute Gasteiger partial charge is 0.246 e. The predicted octanol–water partition coefficient (Wildman–Crippen LogP) is 2.17. The summed E-state index contributed by atoms with van der Waals surface area (Å²) in [6.07, 6.45) is 3.63. The van der Waals surface area contributed by atoms with Gasteiger partial charge in [-0.05, 0) is 42.9 Å². The molecular formula is C23H25N8O2S-. The molecular weight excluding hydrogens is 452 g/mol. The molecule has 1 aliphatic rings. The predicted molar refractivity (Wildman–Crippen MR) is 131 cm³/mol. The van der Waals surface area contributed by atoms with Crippen molar-refractivity contribution in [3.8, 4) is 11.3 Å². The summed E-state index contributed by atoms with van der Waals surface area (Å²) in [6.45, 7) is 4.31. The molecule has 4 heterocycles. The quantitative estimate of drug-likeness (QED) is 0.390. The fourth-order valence-electron chi connectivity index (χ4n) is 3.99. The van der Waals surface area contributed by atoms with E-state index in [0.29, 0.717) is 11.8 Å². The summed E-state index contributed by atoms with van der Waals surface area (Å²) >= 11 is -2.30. The highest BCUT2D eigenvalue weighted by molar-refractivity contribution is 7.77. The Kier molecular flexibility index (Phi) is 6.50. The number of anilines is 3. The van der Waals surface area contributed by atoms with Crippen LogP contribution in [0.5, 0.6) is 0 Å². The minimum Gasteiger partial charge on any atom is -0.760 e. The number of fused-ring (bicyclic) bond motifs is 1. The Balaban J connectivity index is 1.34. The topological polar surface area (TPSA) is 114 Å². The Morgan fingerprint density at radius 1 is 1.03 bits per heavy atom. The second-order valence-corrected chi connectivity index (χ2v) is 8.97. The number of pyridine rings is 1. The Labute approximate surface area is 200 Å². The van der Waals surface area contributed by atoms with Gasteiger partial charge in [0.25, 0.3) is 0 Å². The summed E-state index contributed by atoms with van der Waals surface area (Å²) in [4.78, 5) is 13.6. The number of likely N-dealkylation sites (N-methyl/N-ethyl adjacent to an activating group) is 1. The van der Waals surface area contributed by atoms with Gasteiger partial charge in [0, 0.05) is 49.6 Å². The standard InChI is InChI=1S/C23H26N8O2S/c1-29-9-11-30(12-10-29)19-6-8-22(24-15-19)27-23-25-16-20-5-7-21(31(20)28-23)18-4-2-3-17(13-18)14-26-34(32)33/h2-8,13,15-16,26H,9-12,14H2,1H3,(H,32,33)(H,24,27,28)/p-1. The van der Waals surface area contributed by atoms with Gasteiger partial charge in [0.05, 0.1) is 29.3 Å². The summed E-state index contributed by atoms with van der Waals surface area (Å²) in [5.41, 5.74) is 4.62. The molecule has 10 nitrogen and oxygen atoms in total. The number of aromatic nitrogens is 4. The van der Waals surface area contributed by atoms with Gasteiger partial charge in [0.1, 0.15) is 5.82 Å². The molecule has 34 heavy (non-hydrogen) atoms. The number of rotatable bonds is 7. The van der Waals surface area contributed by atoms with Crippen molar-refractivity contribution in [2.45, 2.75) is 6.54 Å². The average molecular weight is 478 g/mol. The zero-order chi connectivity index (χ0) is 23.5. The summed E-state index contributed by atoms with van der Waals surface area (Å²) < 4.78 is 25.8. The van der Waals surface area contributed by atoms with Gasteiger partial charge < -0.3 is 19.7 Å². The number of nitrogens with one attached hydrogen (secondary N) is 2. The van der Waals surface area contributed by atoms with E-state index in [9.17, 15) is 8.76 Å². The lowest BCUT2D eigenvalue weighted by atomic mass is 10.1. The highest BCUT2D eigenvalue weighted by Gasteiger charge is 2.15. The maximum atomic E-state index is 10.8. The fraction of sp³-hybridized carbons (Fsp3) is 0.261. The number of hydrogen-bond donors (Lipinski definition) is 2. The average Bonchev–Trinajstić information content (AvgIpc) is 3.27. The minimum atomic E-state index is -2.30. The molecule has 0 aliphatic carbocycles. The van der Waals surface area contributed by atoms with Crippen molar-refractivity contribution >= 4 is 34.2 Å². The van der Waals surface area contributed by atoms with Gasteiger partial charge in [0.15, 0.2) is 0 Å². The molecule has 4 aromatic rings. The molecule has 1 aromatic carbocycles. The summed E-state index contributed by atoms with van der Waals surface area (Å²) in [6, 6.07) is 15.6. The van der Waals surface area contributed by atoms with Crippen molar-refractivity contribution in [3.05, 3.63) is 66.5 Å². The monoisotopic (exact) mass is 477 g/mol. The van der Waals surface area contributed by atoms with E-state index in [1.807, 2.05) is 53.2 Å². The zero-order valence-electron chi connectivity index (χ0n) is 18.7. The van der Waals surface area contributed by atoms with Crippen molar-refractivity contribution in [2.75, 3.05) is 43.4 Å². The second-order valence-electron chi connectivity index (χ2n) is 8.21. The molecule has 0 amide bonds. The maximum absolute atomic E-state index is 10.8. The van der Waals surface area contributed by atoms with Gasteiger partial charge in [0.2, 0.25) is 5.95 Å². The first-order valence-electron chi connectivity index (χ1n) is 11.0. The van der Waals surface area contributed by atoms with Gasteiger partial charge in [-0.25, -0.2) is 19.2 Å². The maximum Gasteiger partial charge on any atom is 0.246 e. The normalized spacial score (nSPS) is 15.5. The van der Waals surface area contributed by atoms with Gasteiger partial charge in [-0.3, -0.25) is 4.21 Å². The minimum absolute atomic E-state index is 0.227. The van der Waals surface area contributed by atoms with Crippen LogP contribution in [-0.4, -0.2) is 66.5 Å². The zero-order valence-corrected chi connectivity index (χ0v) is 19.5. The van der Waals surface area contributed by atoms with E-state index >= 15 is 0 Å². The first-order valence-corrected chi connectivity index (χ1v) is 12.1. The van der Waals surface area contributed by atoms with Crippen LogP contribution >= 0.6 is 0 Å². The lowest BCUT2D eigenvalue weighted by molar-refractivity contribution is 0.313. The largest absolute Gasteiger partial charge is 0.760 e. The van der Waals surface area contributed by atoms with Crippen molar-refractivity contribution in [3.63, 3.8) is 0 Å². The van der Waals surface area contributed by atoms with E-state index in [2.05, 4.69) is 48.0 Å². The third kappa shape index (κ3) is 5.07. The van der Waals surface area contributed by atoms with Gasteiger partial charge in [-0.2, -0.15) is 0 Å². The van der Waals surface area contributed by atoms with Crippen molar-refractivity contribution in [1.29, 1.82) is 0 Å². The van der Waals surface area contributed by atoms with Gasteiger partial charge in [-0.15, -0.1) is 5.10 Å². The molecule has 176 valence electrons. The lowest BCUT2D eigenvalue weighted by Crippen LogP contribution is -2.44. The number of nitrogens with zero attached hydrogens (tertiary/aromatic N) is 6. The molecule has 5 rings (SSSR count). The molecule has 0 spiro atoms. The first kappa shape index (κ1) is 22.4. The molecule has 2 N–H and O–H groups in total. The summed E-state index contributed by atoms with van der Waals surface area (Å²) in [7, 11) is 2.14. The third-order valence-corrected chi connectivity index (χ3v) is 6.25. The summed E-state index contributed by atoms with van der Waals surface area (Å²) in [5.74, 6) is 1.11. The Bertz CT molecular complexity index is 1300. The van der Waals surface area contributed by atoms with Crippen LogP contribution in [0.4, 0.5) is 17.5 Å². The molecule has 1 aliphatic heterocycles. The van der Waals surface area contributed by atoms with Gasteiger partial charge >= 0.3 is 0 Å². The van der Waals surface area contributed by atoms with Gasteiger partial charge in [-0.1, -0.05) is 18.2 Å². The number of piperazine rings is 1. The van der Waals surface area contributed by atoms with E-state index in [-0.39, 0.29) is 6.54 Å². The Morgan fingerprint density at radius 2 is 1.88 bits per heavy atom. The van der Waals surface area contributed by atoms with E-state index in [1.54, 1.807) is 6.20 Å². The molecule has 1 atom stereocenters. The molecule has 1 unspecified atom stereocenters. The van der Waals surface area contributed by atoms with Crippen LogP contribution < -0.4 is 14.9 Å². The first-order chi connectivity index (χ1) is 16.5. The highest BCUT2D eigenvalue weighted by Crippen LogP contribution is 2.24. The molecule has 3 aromatic heterocycles. The molecule has 0 saturated carbocycles. The summed E-state index contributed by atoms with van der Waals surface area (Å²) in [5, 5.41) is 7.84. The van der Waals surface area contributed by atoms with Crippen LogP contribution in [0.15, 0.2) is 60.9 Å². The molecule has 1 saturated heterocycles. The van der Waals surface area contributed by atoms with E-state index in [0.717, 1.165) is 54.2 Å². The Hall–Kier alpha value is -3.38. The molecule has 0 radical (unpaired) electrons. The van der Waals surface area contributed by atoms with Crippen molar-refractivity contribution in [2.24, 2.45) is 0 Å². The molecule has 1 fully saturated rings. The van der Waals surface area contributed by atoms with Crippen molar-refractivity contribution in [1.82, 2.24) is 29.2 Å². The second kappa shape index (κ2) is 9.85. The van der Waals surface area contributed by atoms with E-state index in [4.69, 9.17) is 0 Å².